The van der Waals surface area contributed by atoms with Crippen LogP contribution in [0, 0.1) is 6.92 Å². The predicted octanol–water partition coefficient (Wildman–Crippen LogP) is 4.32. The molecular formula is C26H30N4O3. The Hall–Kier alpha value is -3.32. The van der Waals surface area contributed by atoms with Gasteiger partial charge in [-0.3, -0.25) is 4.98 Å². The van der Waals surface area contributed by atoms with Gasteiger partial charge in [-0.1, -0.05) is 6.92 Å². The minimum absolute atomic E-state index is 0.1000. The first-order valence-electron chi connectivity index (χ1n) is 11.2. The third-order valence-electron chi connectivity index (χ3n) is 6.55. The van der Waals surface area contributed by atoms with Gasteiger partial charge in [0.15, 0.2) is 0 Å². The molecule has 2 N–H and O–H groups in total. The van der Waals surface area contributed by atoms with Crippen molar-refractivity contribution in [3.8, 4) is 17.0 Å². The molecule has 7 heteroatoms. The summed E-state index contributed by atoms with van der Waals surface area (Å²) < 4.78 is 5.47. The van der Waals surface area contributed by atoms with Crippen LogP contribution in [-0.4, -0.2) is 39.6 Å². The van der Waals surface area contributed by atoms with E-state index in [9.17, 15) is 9.90 Å². The number of fused-ring (bicyclic) bond motifs is 1. The average Bonchev–Trinajstić information content (AvgIpc) is 3.16. The second-order valence-electron chi connectivity index (χ2n) is 8.99. The number of ether oxygens (including phenoxy) is 1. The lowest BCUT2D eigenvalue weighted by Gasteiger charge is -2.22. The third-order valence-corrected chi connectivity index (χ3v) is 6.55. The molecule has 1 aliphatic carbocycles. The molecule has 2 aromatic heterocycles. The molecule has 33 heavy (non-hydrogen) atoms. The fraction of sp³-hybridized carbons (Fsp3) is 0.385. The van der Waals surface area contributed by atoms with Gasteiger partial charge in [-0.2, -0.15) is 0 Å². The van der Waals surface area contributed by atoms with Crippen LogP contribution in [-0.2, 0) is 23.1 Å². The van der Waals surface area contributed by atoms with Gasteiger partial charge in [0.05, 0.1) is 19.4 Å². The molecule has 1 aromatic carbocycles. The fourth-order valence-electron chi connectivity index (χ4n) is 4.31. The maximum absolute atomic E-state index is 11.5. The van der Waals surface area contributed by atoms with Crippen LogP contribution in [0.25, 0.3) is 11.3 Å². The zero-order chi connectivity index (χ0) is 23.6. The van der Waals surface area contributed by atoms with Gasteiger partial charge < -0.3 is 20.0 Å². The molecule has 172 valence electrons. The van der Waals surface area contributed by atoms with Crippen LogP contribution >= 0.6 is 0 Å². The van der Waals surface area contributed by atoms with E-state index in [2.05, 4.69) is 28.3 Å². The minimum atomic E-state index is -0.263. The van der Waals surface area contributed by atoms with Crippen molar-refractivity contribution in [3.05, 3.63) is 59.0 Å². The van der Waals surface area contributed by atoms with Crippen LogP contribution in [0.5, 0.6) is 5.75 Å². The van der Waals surface area contributed by atoms with Gasteiger partial charge >= 0.3 is 0 Å². The van der Waals surface area contributed by atoms with Crippen molar-refractivity contribution < 1.29 is 14.6 Å². The van der Waals surface area contributed by atoms with Crippen LogP contribution in [0.1, 0.15) is 49.1 Å². The second kappa shape index (κ2) is 9.27. The number of methoxy groups -OCH3 is 1. The maximum Gasteiger partial charge on any atom is 0.227 e. The number of Topliss-reactive ketones (excluding diaryl/α,β-unsaturated/α-hetero) is 1. The summed E-state index contributed by atoms with van der Waals surface area (Å²) in [5.74, 6) is 1.33. The average molecular weight is 447 g/mol. The maximum atomic E-state index is 11.5. The Bertz CT molecular complexity index is 1190. The Balaban J connectivity index is 1.64. The molecular weight excluding hydrogens is 416 g/mol. The van der Waals surface area contributed by atoms with Gasteiger partial charge in [0.2, 0.25) is 5.95 Å². The molecule has 4 rings (SSSR count). The van der Waals surface area contributed by atoms with Gasteiger partial charge in [-0.05, 0) is 68.0 Å². The molecule has 0 radical (unpaired) electrons. The van der Waals surface area contributed by atoms with Crippen LogP contribution in [0.3, 0.4) is 0 Å². The molecule has 1 aliphatic rings. The monoisotopic (exact) mass is 446 g/mol. The number of benzene rings is 1. The number of hydrogen-bond donors (Lipinski definition) is 2. The summed E-state index contributed by atoms with van der Waals surface area (Å²) >= 11 is 0. The van der Waals surface area contributed by atoms with E-state index in [1.807, 2.05) is 31.3 Å². The summed E-state index contributed by atoms with van der Waals surface area (Å²) in [4.78, 5) is 25.2. The highest BCUT2D eigenvalue weighted by Gasteiger charge is 2.35. The lowest BCUT2D eigenvalue weighted by molar-refractivity contribution is -0.116. The van der Waals surface area contributed by atoms with Crippen LogP contribution in [0.2, 0.25) is 0 Å². The van der Waals surface area contributed by atoms with Crippen molar-refractivity contribution in [2.45, 2.75) is 51.9 Å². The molecule has 0 saturated heterocycles. The fourth-order valence-corrected chi connectivity index (χ4v) is 4.31. The number of rotatable bonds is 8. The zero-order valence-corrected chi connectivity index (χ0v) is 19.6. The number of aromatic nitrogens is 3. The number of aryl methyl sites for hydroxylation is 2. The van der Waals surface area contributed by atoms with E-state index in [1.54, 1.807) is 20.2 Å². The van der Waals surface area contributed by atoms with Crippen molar-refractivity contribution >= 4 is 17.4 Å². The highest BCUT2D eigenvalue weighted by molar-refractivity contribution is 5.76. The number of nitrogens with zero attached hydrogens (tertiary/aromatic N) is 3. The number of ketones is 1. The Morgan fingerprint density at radius 3 is 2.82 bits per heavy atom. The summed E-state index contributed by atoms with van der Waals surface area (Å²) in [6.07, 6.45) is 6.47. The van der Waals surface area contributed by atoms with Crippen molar-refractivity contribution in [2.75, 3.05) is 19.0 Å². The van der Waals surface area contributed by atoms with Crippen LogP contribution in [0.15, 0.2) is 36.7 Å². The second-order valence-corrected chi connectivity index (χ2v) is 8.99. The van der Waals surface area contributed by atoms with Crippen molar-refractivity contribution in [3.63, 3.8) is 0 Å². The van der Waals surface area contributed by atoms with Crippen LogP contribution < -0.4 is 10.1 Å². The number of carbonyl (C=O) groups is 1. The van der Waals surface area contributed by atoms with E-state index in [0.717, 1.165) is 52.2 Å². The van der Waals surface area contributed by atoms with E-state index in [-0.39, 0.29) is 17.8 Å². The first kappa shape index (κ1) is 22.9. The molecule has 0 fully saturated rings. The molecule has 0 saturated carbocycles. The predicted molar refractivity (Wildman–Crippen MR) is 128 cm³/mol. The number of hydrogen-bond acceptors (Lipinski definition) is 7. The highest BCUT2D eigenvalue weighted by atomic mass is 16.5. The smallest absolute Gasteiger partial charge is 0.227 e. The molecule has 0 amide bonds. The van der Waals surface area contributed by atoms with E-state index in [4.69, 9.17) is 9.72 Å². The van der Waals surface area contributed by atoms with Gasteiger partial charge in [0, 0.05) is 47.2 Å². The Morgan fingerprint density at radius 1 is 1.27 bits per heavy atom. The zero-order valence-electron chi connectivity index (χ0n) is 19.6. The number of carbonyl (C=O) groups excluding carboxylic acids is 1. The Labute approximate surface area is 194 Å². The topological polar surface area (TPSA) is 97.2 Å². The largest absolute Gasteiger partial charge is 0.497 e. The SMILES string of the molecule is COc1cc(CCC(C)=O)c(C)c(Nc2nccc(-c3cnc4c(c3)C(C)(CO)CC4)n2)c1. The molecule has 0 aliphatic heterocycles. The van der Waals surface area contributed by atoms with Gasteiger partial charge in [0.25, 0.3) is 0 Å². The van der Waals surface area contributed by atoms with E-state index < -0.39 is 0 Å². The third kappa shape index (κ3) is 4.73. The molecule has 7 nitrogen and oxygen atoms in total. The van der Waals surface area contributed by atoms with Gasteiger partial charge in [-0.25, -0.2) is 9.97 Å². The quantitative estimate of drug-likeness (QED) is 0.532. The Morgan fingerprint density at radius 2 is 2.09 bits per heavy atom. The van der Waals surface area contributed by atoms with Crippen LogP contribution in [0.4, 0.5) is 11.6 Å². The van der Waals surface area contributed by atoms with E-state index in [1.165, 1.54) is 0 Å². The molecule has 2 heterocycles. The van der Waals surface area contributed by atoms with Gasteiger partial charge in [0.1, 0.15) is 11.5 Å². The van der Waals surface area contributed by atoms with Gasteiger partial charge in [-0.15, -0.1) is 0 Å². The molecule has 1 atom stereocenters. The van der Waals surface area contributed by atoms with Crippen molar-refractivity contribution in [1.82, 2.24) is 15.0 Å². The normalized spacial score (nSPS) is 17.0. The first-order valence-corrected chi connectivity index (χ1v) is 11.2. The summed E-state index contributed by atoms with van der Waals surface area (Å²) in [6.45, 7) is 5.79. The first-order chi connectivity index (χ1) is 15.8. The summed E-state index contributed by atoms with van der Waals surface area (Å²) in [7, 11) is 1.63. The lowest BCUT2D eigenvalue weighted by Crippen LogP contribution is -2.23. The highest BCUT2D eigenvalue weighted by Crippen LogP contribution is 2.39. The standard InChI is InChI=1S/C26H30N4O3/c1-16(32)5-6-18-11-20(33-4)13-24(17(18)2)30-25-27-10-8-22(29-25)19-12-21-23(28-14-19)7-9-26(21,3)15-31/h8,10-14,31H,5-7,9,15H2,1-4H3,(H,27,29,30). The minimum Gasteiger partial charge on any atom is -0.497 e. The summed E-state index contributed by atoms with van der Waals surface area (Å²) in [5.41, 5.74) is 6.45. The van der Waals surface area contributed by atoms with E-state index >= 15 is 0 Å². The number of aliphatic hydroxyl groups is 1. The number of nitrogens with one attached hydrogen (secondary N) is 1. The summed E-state index contributed by atoms with van der Waals surface area (Å²) in [6, 6.07) is 7.83. The Kier molecular flexibility index (Phi) is 6.42. The van der Waals surface area contributed by atoms with Crippen molar-refractivity contribution in [2.24, 2.45) is 0 Å². The molecule has 0 bridgehead atoms. The summed E-state index contributed by atoms with van der Waals surface area (Å²) in [5, 5.41) is 13.2. The number of aliphatic hydroxyl groups excluding tert-OH is 1. The van der Waals surface area contributed by atoms with E-state index in [0.29, 0.717) is 24.5 Å². The lowest BCUT2D eigenvalue weighted by atomic mass is 9.85. The number of anilines is 2. The molecule has 0 spiro atoms. The molecule has 3 aromatic rings. The number of pyridine rings is 1. The molecule has 1 unspecified atom stereocenters. The van der Waals surface area contributed by atoms with Crippen molar-refractivity contribution in [1.29, 1.82) is 0 Å².